The molecular formula is C67H42N8. The Morgan fingerprint density at radius 1 is 0.333 bits per heavy atom. The van der Waals surface area contributed by atoms with Crippen LogP contribution >= 0.6 is 0 Å². The number of anilines is 6. The third-order valence-corrected chi connectivity index (χ3v) is 13.5. The summed E-state index contributed by atoms with van der Waals surface area (Å²) in [5.74, 6) is 0.613. The van der Waals surface area contributed by atoms with Crippen molar-refractivity contribution >= 4 is 55.9 Å². The smallest absolute Gasteiger partial charge is 0.160 e. The zero-order chi connectivity index (χ0) is 50.7. The average molecular weight is 959 g/mol. The minimum Gasteiger partial charge on any atom is -0.310 e. The zero-order valence-electron chi connectivity index (χ0n) is 40.3. The molecule has 0 atom stereocenters. The van der Waals surface area contributed by atoms with E-state index < -0.39 is 0 Å². The molecule has 8 heteroatoms. The Morgan fingerprint density at radius 3 is 1.24 bits per heavy atom. The number of para-hydroxylation sites is 2. The summed E-state index contributed by atoms with van der Waals surface area (Å²) in [7, 11) is 0. The van der Waals surface area contributed by atoms with Gasteiger partial charge in [-0.15, -0.1) is 0 Å². The Bertz CT molecular complexity index is 3960. The van der Waals surface area contributed by atoms with E-state index in [9.17, 15) is 15.8 Å². The lowest BCUT2D eigenvalue weighted by Gasteiger charge is -2.26. The quantitative estimate of drug-likeness (QED) is 0.127. The lowest BCUT2D eigenvalue weighted by molar-refractivity contribution is 1.18. The molecular weight excluding hydrogens is 917 g/mol. The normalized spacial score (nSPS) is 10.9. The molecule has 0 bridgehead atoms. The van der Waals surface area contributed by atoms with Crippen molar-refractivity contribution in [3.05, 3.63) is 271 Å². The van der Waals surface area contributed by atoms with E-state index >= 15 is 0 Å². The third-order valence-electron chi connectivity index (χ3n) is 13.5. The SMILES string of the molecule is N#Cc1ccc(N(c2ccccc2)c2ccc3c(c2)c2cc(N(c4ccccc4)c4ccc(C#N)cc4)ccc2n3-c2ccc(-c3ccc(-c4cc(-c5ccccc5)nc(-c5ccccc5)n4)cc3C#N)cc2)cc1. The first kappa shape index (κ1) is 45.3. The van der Waals surface area contributed by atoms with Crippen molar-refractivity contribution in [2.75, 3.05) is 9.80 Å². The molecule has 0 saturated heterocycles. The van der Waals surface area contributed by atoms with Crippen LogP contribution in [0.5, 0.6) is 0 Å². The van der Waals surface area contributed by atoms with Gasteiger partial charge in [-0.05, 0) is 145 Å². The maximum Gasteiger partial charge on any atom is 0.160 e. The van der Waals surface area contributed by atoms with Gasteiger partial charge in [-0.25, -0.2) is 9.97 Å². The molecule has 0 saturated carbocycles. The molecule has 0 aliphatic carbocycles. The second-order valence-electron chi connectivity index (χ2n) is 18.0. The van der Waals surface area contributed by atoms with Crippen LogP contribution in [-0.4, -0.2) is 14.5 Å². The molecule has 2 heterocycles. The van der Waals surface area contributed by atoms with Crippen LogP contribution in [0.4, 0.5) is 34.1 Å². The van der Waals surface area contributed by atoms with Crippen molar-refractivity contribution < 1.29 is 0 Å². The van der Waals surface area contributed by atoms with Crippen molar-refractivity contribution in [3.63, 3.8) is 0 Å². The molecule has 0 aliphatic heterocycles. The zero-order valence-corrected chi connectivity index (χ0v) is 40.3. The van der Waals surface area contributed by atoms with Gasteiger partial charge < -0.3 is 14.4 Å². The van der Waals surface area contributed by atoms with E-state index in [2.05, 4.69) is 118 Å². The maximum absolute atomic E-state index is 10.7. The molecule has 350 valence electrons. The highest BCUT2D eigenvalue weighted by Crippen LogP contribution is 2.43. The molecule has 12 rings (SSSR count). The Hall–Kier alpha value is -10.9. The van der Waals surface area contributed by atoms with E-state index in [-0.39, 0.29) is 0 Å². The lowest BCUT2D eigenvalue weighted by Crippen LogP contribution is -2.10. The van der Waals surface area contributed by atoms with Gasteiger partial charge in [0, 0.05) is 67.3 Å². The Balaban J connectivity index is 0.983. The molecule has 75 heavy (non-hydrogen) atoms. The Morgan fingerprint density at radius 2 is 0.760 bits per heavy atom. The molecule has 10 aromatic carbocycles. The van der Waals surface area contributed by atoms with E-state index in [0.717, 1.165) is 101 Å². The summed E-state index contributed by atoms with van der Waals surface area (Å²) < 4.78 is 2.29. The Labute approximate surface area is 434 Å². The highest BCUT2D eigenvalue weighted by molar-refractivity contribution is 6.12. The van der Waals surface area contributed by atoms with Crippen LogP contribution in [0, 0.1) is 34.0 Å². The molecule has 12 aromatic rings. The van der Waals surface area contributed by atoms with Crippen LogP contribution in [0.25, 0.3) is 72.5 Å². The van der Waals surface area contributed by atoms with E-state index in [1.165, 1.54) is 0 Å². The standard InChI is InChI=1S/C67H42N8/c68-43-46-21-28-55(29-22-46)73(53-17-9-3-10-18-53)58-34-37-65-61(40-58)62-41-59(74(54-19-11-4-12-20-54)56-30-23-47(44-69)24-31-56)35-38-66(62)75(65)57-32-25-48(26-33-57)60-36-27-51(39-52(60)45-70)64-42-63(49-13-5-1-6-14-49)71-67(72-64)50-15-7-2-8-16-50/h1-42H. The summed E-state index contributed by atoms with van der Waals surface area (Å²) in [4.78, 5) is 14.4. The van der Waals surface area contributed by atoms with E-state index in [4.69, 9.17) is 9.97 Å². The van der Waals surface area contributed by atoms with Gasteiger partial charge in [0.1, 0.15) is 0 Å². The predicted molar refractivity (Wildman–Crippen MR) is 302 cm³/mol. The molecule has 0 spiro atoms. The van der Waals surface area contributed by atoms with Gasteiger partial charge >= 0.3 is 0 Å². The molecule has 8 nitrogen and oxygen atoms in total. The van der Waals surface area contributed by atoms with Crippen molar-refractivity contribution in [2.45, 2.75) is 0 Å². The van der Waals surface area contributed by atoms with Crippen molar-refractivity contribution in [1.29, 1.82) is 15.8 Å². The van der Waals surface area contributed by atoms with Crippen LogP contribution in [-0.2, 0) is 0 Å². The highest BCUT2D eigenvalue weighted by Gasteiger charge is 2.21. The number of rotatable bonds is 11. The summed E-state index contributed by atoms with van der Waals surface area (Å²) in [5, 5.41) is 32.1. The highest BCUT2D eigenvalue weighted by atomic mass is 15.1. The molecule has 0 fully saturated rings. The number of aromatic nitrogens is 3. The first-order valence-electron chi connectivity index (χ1n) is 24.5. The molecule has 0 amide bonds. The molecule has 2 aromatic heterocycles. The topological polar surface area (TPSA) is 109 Å². The number of fused-ring (bicyclic) bond motifs is 3. The average Bonchev–Trinajstić information content (AvgIpc) is 3.81. The van der Waals surface area contributed by atoms with Crippen molar-refractivity contribution in [1.82, 2.24) is 14.5 Å². The fourth-order valence-electron chi connectivity index (χ4n) is 9.88. The van der Waals surface area contributed by atoms with Gasteiger partial charge in [0.15, 0.2) is 5.82 Å². The first-order chi connectivity index (χ1) is 37.0. The monoisotopic (exact) mass is 958 g/mol. The van der Waals surface area contributed by atoms with E-state index in [1.54, 1.807) is 0 Å². The molecule has 0 unspecified atom stereocenters. The summed E-state index contributed by atoms with van der Waals surface area (Å²) >= 11 is 0. The molecule has 0 aliphatic rings. The minimum absolute atomic E-state index is 0.536. The first-order valence-corrected chi connectivity index (χ1v) is 24.5. The van der Waals surface area contributed by atoms with E-state index in [1.807, 2.05) is 170 Å². The number of hydrogen-bond donors (Lipinski definition) is 0. The number of nitrogens with zero attached hydrogens (tertiary/aromatic N) is 8. The maximum atomic E-state index is 10.7. The number of benzene rings is 10. The van der Waals surface area contributed by atoms with Gasteiger partial charge in [0.2, 0.25) is 0 Å². The van der Waals surface area contributed by atoms with Gasteiger partial charge in [0.25, 0.3) is 0 Å². The second-order valence-corrected chi connectivity index (χ2v) is 18.0. The van der Waals surface area contributed by atoms with Crippen LogP contribution in [0.2, 0.25) is 0 Å². The van der Waals surface area contributed by atoms with Gasteiger partial charge in [-0.2, -0.15) is 15.8 Å². The van der Waals surface area contributed by atoms with E-state index in [0.29, 0.717) is 22.5 Å². The number of hydrogen-bond acceptors (Lipinski definition) is 7. The largest absolute Gasteiger partial charge is 0.310 e. The van der Waals surface area contributed by atoms with Gasteiger partial charge in [-0.1, -0.05) is 121 Å². The van der Waals surface area contributed by atoms with Crippen LogP contribution in [0.15, 0.2) is 255 Å². The number of nitriles is 3. The third kappa shape index (κ3) is 8.76. The van der Waals surface area contributed by atoms with Crippen molar-refractivity contribution in [3.8, 4) is 68.9 Å². The second kappa shape index (κ2) is 19.7. The fraction of sp³-hybridized carbons (Fsp3) is 0. The predicted octanol–water partition coefficient (Wildman–Crippen LogP) is 16.8. The summed E-state index contributed by atoms with van der Waals surface area (Å²) in [6, 6.07) is 92.4. The lowest BCUT2D eigenvalue weighted by atomic mass is 9.96. The van der Waals surface area contributed by atoms with Gasteiger partial charge in [0.05, 0.1) is 57.3 Å². The summed E-state index contributed by atoms with van der Waals surface area (Å²) in [6.45, 7) is 0. The molecule has 0 N–H and O–H groups in total. The van der Waals surface area contributed by atoms with Crippen LogP contribution in [0.3, 0.4) is 0 Å². The van der Waals surface area contributed by atoms with Crippen LogP contribution < -0.4 is 9.80 Å². The minimum atomic E-state index is 0.536. The van der Waals surface area contributed by atoms with Crippen LogP contribution in [0.1, 0.15) is 16.7 Å². The summed E-state index contributed by atoms with van der Waals surface area (Å²) in [6.07, 6.45) is 0. The molecule has 0 radical (unpaired) electrons. The van der Waals surface area contributed by atoms with Crippen molar-refractivity contribution in [2.24, 2.45) is 0 Å². The Kier molecular flexibility index (Phi) is 11.9. The fourth-order valence-corrected chi connectivity index (χ4v) is 9.88. The van der Waals surface area contributed by atoms with Gasteiger partial charge in [-0.3, -0.25) is 0 Å². The summed E-state index contributed by atoms with van der Waals surface area (Å²) in [5.41, 5.74) is 16.4.